The fourth-order valence-corrected chi connectivity index (χ4v) is 2.97. The molecule has 0 aromatic heterocycles. The maximum absolute atomic E-state index is 9.25. The Kier molecular flexibility index (Phi) is 6.61. The summed E-state index contributed by atoms with van der Waals surface area (Å²) in [6.07, 6.45) is 5.40. The highest BCUT2D eigenvalue weighted by Gasteiger charge is 2.35. The van der Waals surface area contributed by atoms with Crippen LogP contribution in [0.4, 0.5) is 0 Å². The van der Waals surface area contributed by atoms with Gasteiger partial charge in [-0.25, -0.2) is 0 Å². The van der Waals surface area contributed by atoms with Gasteiger partial charge in [-0.2, -0.15) is 0 Å². The zero-order valence-electron chi connectivity index (χ0n) is 12.7. The molecule has 0 radical (unpaired) electrons. The van der Waals surface area contributed by atoms with Gasteiger partial charge in [-0.15, -0.1) is 0 Å². The number of aliphatic hydroxyl groups is 1. The van der Waals surface area contributed by atoms with Crippen molar-refractivity contribution >= 4 is 0 Å². The second-order valence-electron chi connectivity index (χ2n) is 6.68. The molecule has 1 rings (SSSR count). The molecule has 0 spiro atoms. The van der Waals surface area contributed by atoms with Gasteiger partial charge in [-0.1, -0.05) is 26.7 Å². The fourth-order valence-electron chi connectivity index (χ4n) is 2.97. The third-order valence-electron chi connectivity index (χ3n) is 4.32. The minimum Gasteiger partial charge on any atom is -0.395 e. The highest BCUT2D eigenvalue weighted by Crippen LogP contribution is 2.38. The van der Waals surface area contributed by atoms with Crippen LogP contribution in [0.3, 0.4) is 0 Å². The Labute approximate surface area is 113 Å². The Morgan fingerprint density at radius 3 is 2.33 bits per heavy atom. The third kappa shape index (κ3) is 4.87. The molecule has 0 aromatic rings. The van der Waals surface area contributed by atoms with Crippen molar-refractivity contribution in [3.05, 3.63) is 0 Å². The quantitative estimate of drug-likeness (QED) is 0.698. The average molecular weight is 256 g/mol. The summed E-state index contributed by atoms with van der Waals surface area (Å²) < 4.78 is 0. The van der Waals surface area contributed by atoms with Crippen LogP contribution in [0, 0.1) is 11.3 Å². The van der Waals surface area contributed by atoms with Crippen molar-refractivity contribution in [3.63, 3.8) is 0 Å². The monoisotopic (exact) mass is 256 g/mol. The summed E-state index contributed by atoms with van der Waals surface area (Å²) in [6.45, 7) is 10.2. The van der Waals surface area contributed by atoms with Crippen LogP contribution in [0.1, 0.15) is 46.5 Å². The van der Waals surface area contributed by atoms with Gasteiger partial charge in [-0.3, -0.25) is 0 Å². The van der Waals surface area contributed by atoms with E-state index in [1.54, 1.807) is 0 Å². The lowest BCUT2D eigenvalue weighted by molar-refractivity contribution is 0.103. The van der Waals surface area contributed by atoms with Crippen molar-refractivity contribution in [2.75, 3.05) is 33.3 Å². The second-order valence-corrected chi connectivity index (χ2v) is 6.68. The first-order valence-electron chi connectivity index (χ1n) is 7.51. The number of hydrogen-bond donors (Lipinski definition) is 2. The summed E-state index contributed by atoms with van der Waals surface area (Å²) in [5.74, 6) is 0.720. The molecule has 0 aliphatic heterocycles. The molecule has 108 valence electrons. The Morgan fingerprint density at radius 1 is 1.22 bits per heavy atom. The predicted octanol–water partition coefficient (Wildman–Crippen LogP) is 2.10. The molecule has 3 nitrogen and oxygen atoms in total. The molecule has 0 amide bonds. The van der Waals surface area contributed by atoms with Crippen molar-refractivity contribution in [1.29, 1.82) is 0 Å². The third-order valence-corrected chi connectivity index (χ3v) is 4.32. The van der Waals surface area contributed by atoms with Gasteiger partial charge in [0.1, 0.15) is 0 Å². The normalized spacial score (nSPS) is 20.8. The van der Waals surface area contributed by atoms with Crippen LogP contribution in [0.2, 0.25) is 0 Å². The van der Waals surface area contributed by atoms with Gasteiger partial charge < -0.3 is 15.3 Å². The molecule has 18 heavy (non-hydrogen) atoms. The summed E-state index contributed by atoms with van der Waals surface area (Å²) in [5, 5.41) is 12.9. The maximum Gasteiger partial charge on any atom is 0.0584 e. The molecular weight excluding hydrogens is 224 g/mol. The van der Waals surface area contributed by atoms with Gasteiger partial charge in [0.15, 0.2) is 0 Å². The standard InChI is InChI=1S/C15H32N2O/c1-13(2)9-16-11-15(7-5-6-8-15)12-17(4)14(3)10-18/h13-14,16,18H,5-12H2,1-4H3. The van der Waals surface area contributed by atoms with Crippen LogP contribution in [0.25, 0.3) is 0 Å². The van der Waals surface area contributed by atoms with E-state index >= 15 is 0 Å². The van der Waals surface area contributed by atoms with E-state index in [1.807, 2.05) is 0 Å². The maximum atomic E-state index is 9.25. The number of aliphatic hydroxyl groups excluding tert-OH is 1. The molecule has 1 aliphatic rings. The van der Waals surface area contributed by atoms with Gasteiger partial charge in [0, 0.05) is 19.1 Å². The van der Waals surface area contributed by atoms with Crippen LogP contribution >= 0.6 is 0 Å². The molecule has 2 N–H and O–H groups in total. The van der Waals surface area contributed by atoms with Crippen LogP contribution in [0.15, 0.2) is 0 Å². The number of hydrogen-bond acceptors (Lipinski definition) is 3. The number of likely N-dealkylation sites (N-methyl/N-ethyl adjacent to an activating group) is 1. The van der Waals surface area contributed by atoms with E-state index < -0.39 is 0 Å². The van der Waals surface area contributed by atoms with Gasteiger partial charge in [-0.05, 0) is 44.7 Å². The smallest absolute Gasteiger partial charge is 0.0584 e. The molecule has 1 unspecified atom stereocenters. The molecule has 1 aliphatic carbocycles. The molecule has 0 saturated heterocycles. The molecule has 1 fully saturated rings. The zero-order chi connectivity index (χ0) is 13.6. The van der Waals surface area contributed by atoms with E-state index in [0.717, 1.165) is 25.6 Å². The van der Waals surface area contributed by atoms with Gasteiger partial charge in [0.05, 0.1) is 6.61 Å². The number of rotatable bonds is 8. The first-order chi connectivity index (χ1) is 8.49. The predicted molar refractivity (Wildman–Crippen MR) is 77.8 cm³/mol. The Morgan fingerprint density at radius 2 is 1.83 bits per heavy atom. The van der Waals surface area contributed by atoms with Gasteiger partial charge in [0.25, 0.3) is 0 Å². The molecule has 3 heteroatoms. The van der Waals surface area contributed by atoms with Gasteiger partial charge in [0.2, 0.25) is 0 Å². The number of nitrogens with zero attached hydrogens (tertiary/aromatic N) is 1. The first kappa shape index (κ1) is 15.9. The summed E-state index contributed by atoms with van der Waals surface area (Å²) >= 11 is 0. The van der Waals surface area contributed by atoms with E-state index in [2.05, 4.69) is 38.0 Å². The molecular formula is C15H32N2O. The lowest BCUT2D eigenvalue weighted by Crippen LogP contribution is -2.45. The second kappa shape index (κ2) is 7.46. The van der Waals surface area contributed by atoms with Crippen LogP contribution in [-0.4, -0.2) is 49.3 Å². The van der Waals surface area contributed by atoms with Crippen molar-refractivity contribution in [2.24, 2.45) is 11.3 Å². The van der Waals surface area contributed by atoms with Crippen molar-refractivity contribution in [3.8, 4) is 0 Å². The topological polar surface area (TPSA) is 35.5 Å². The summed E-state index contributed by atoms with van der Waals surface area (Å²) in [6, 6.07) is 0.271. The van der Waals surface area contributed by atoms with Crippen molar-refractivity contribution in [1.82, 2.24) is 10.2 Å². The van der Waals surface area contributed by atoms with Crippen LogP contribution in [0.5, 0.6) is 0 Å². The van der Waals surface area contributed by atoms with Crippen molar-refractivity contribution in [2.45, 2.75) is 52.5 Å². The molecule has 1 atom stereocenters. The minimum absolute atomic E-state index is 0.256. The first-order valence-corrected chi connectivity index (χ1v) is 7.51. The lowest BCUT2D eigenvalue weighted by atomic mass is 9.85. The molecule has 0 bridgehead atoms. The van der Waals surface area contributed by atoms with Crippen molar-refractivity contribution < 1.29 is 5.11 Å². The van der Waals surface area contributed by atoms with Crippen LogP contribution in [-0.2, 0) is 0 Å². The highest BCUT2D eigenvalue weighted by molar-refractivity contribution is 4.89. The largest absolute Gasteiger partial charge is 0.395 e. The number of nitrogens with one attached hydrogen (secondary N) is 1. The summed E-state index contributed by atoms with van der Waals surface area (Å²) in [4.78, 5) is 2.32. The zero-order valence-corrected chi connectivity index (χ0v) is 12.7. The van der Waals surface area contributed by atoms with E-state index in [9.17, 15) is 5.11 Å². The Bertz CT molecular complexity index is 225. The Hall–Kier alpha value is -0.120. The fraction of sp³-hybridized carbons (Fsp3) is 1.00. The van der Waals surface area contributed by atoms with E-state index in [-0.39, 0.29) is 12.6 Å². The summed E-state index contributed by atoms with van der Waals surface area (Å²) in [5.41, 5.74) is 0.438. The van der Waals surface area contributed by atoms with E-state index in [4.69, 9.17) is 0 Å². The SMILES string of the molecule is CC(C)CNCC1(CN(C)C(C)CO)CCCC1. The minimum atomic E-state index is 0.256. The summed E-state index contributed by atoms with van der Waals surface area (Å²) in [7, 11) is 2.14. The molecule has 1 saturated carbocycles. The lowest BCUT2D eigenvalue weighted by Gasteiger charge is -2.36. The molecule has 0 heterocycles. The highest BCUT2D eigenvalue weighted by atomic mass is 16.3. The van der Waals surface area contributed by atoms with Gasteiger partial charge >= 0.3 is 0 Å². The average Bonchev–Trinajstić information content (AvgIpc) is 2.76. The molecule has 0 aromatic carbocycles. The Balaban J connectivity index is 2.47. The van der Waals surface area contributed by atoms with E-state index in [1.165, 1.54) is 25.7 Å². The van der Waals surface area contributed by atoms with Crippen LogP contribution < -0.4 is 5.32 Å². The van der Waals surface area contributed by atoms with E-state index in [0.29, 0.717) is 5.41 Å².